The highest BCUT2D eigenvalue weighted by molar-refractivity contribution is 5.92. The Morgan fingerprint density at radius 2 is 1.56 bits per heavy atom. The summed E-state index contributed by atoms with van der Waals surface area (Å²) in [4.78, 5) is 36.0. The number of amides is 2. The van der Waals surface area contributed by atoms with Crippen molar-refractivity contribution in [3.63, 3.8) is 0 Å². The summed E-state index contributed by atoms with van der Waals surface area (Å²) in [5.41, 5.74) is -0.556. The van der Waals surface area contributed by atoms with Gasteiger partial charge in [0.05, 0.1) is 5.41 Å². The van der Waals surface area contributed by atoms with Crippen molar-refractivity contribution in [1.82, 2.24) is 10.6 Å². The van der Waals surface area contributed by atoms with E-state index in [2.05, 4.69) is 5.32 Å². The Labute approximate surface area is 193 Å². The monoisotopic (exact) mass is 476 g/mol. The number of alkyl halides is 3. The number of rotatable bonds is 7. The fourth-order valence-corrected chi connectivity index (χ4v) is 4.13. The molecule has 1 saturated carbocycles. The highest BCUT2D eigenvalue weighted by Crippen LogP contribution is 2.47. The van der Waals surface area contributed by atoms with Gasteiger partial charge in [-0.1, -0.05) is 48.5 Å². The molecule has 0 bridgehead atoms. The lowest BCUT2D eigenvalue weighted by molar-refractivity contribution is -0.207. The van der Waals surface area contributed by atoms with E-state index in [-0.39, 0.29) is 31.9 Å². The summed E-state index contributed by atoms with van der Waals surface area (Å²) in [5, 5.41) is 13.1. The van der Waals surface area contributed by atoms with E-state index in [9.17, 15) is 27.6 Å². The van der Waals surface area contributed by atoms with Crippen LogP contribution in [0.25, 0.3) is 11.1 Å². The number of alkyl carbamates (subject to hydrolysis) is 1. The fraction of sp³-hybridized carbons (Fsp3) is 0.375. The highest BCUT2D eigenvalue weighted by atomic mass is 19.4. The molecular formula is C24H23F3N2O5. The van der Waals surface area contributed by atoms with Crippen LogP contribution >= 0.6 is 0 Å². The Morgan fingerprint density at radius 1 is 1.03 bits per heavy atom. The molecule has 1 atom stereocenters. The third-order valence-corrected chi connectivity index (χ3v) is 6.61. The van der Waals surface area contributed by atoms with Crippen molar-refractivity contribution in [2.75, 3.05) is 13.2 Å². The average molecular weight is 476 g/mol. The van der Waals surface area contributed by atoms with Crippen LogP contribution in [0.1, 0.15) is 36.8 Å². The summed E-state index contributed by atoms with van der Waals surface area (Å²) in [6.45, 7) is 0.176. The Hall–Kier alpha value is -3.56. The molecule has 34 heavy (non-hydrogen) atoms. The zero-order valence-corrected chi connectivity index (χ0v) is 18.2. The molecule has 10 heteroatoms. The molecule has 1 fully saturated rings. The third kappa shape index (κ3) is 4.08. The summed E-state index contributed by atoms with van der Waals surface area (Å²) >= 11 is 0. The molecule has 180 valence electrons. The van der Waals surface area contributed by atoms with Crippen molar-refractivity contribution >= 4 is 18.0 Å². The van der Waals surface area contributed by atoms with Gasteiger partial charge in [-0.2, -0.15) is 13.2 Å². The Kier molecular flexibility index (Phi) is 5.79. The lowest BCUT2D eigenvalue weighted by Crippen LogP contribution is -2.63. The largest absolute Gasteiger partial charge is 0.479 e. The molecule has 0 aromatic heterocycles. The average Bonchev–Trinajstić information content (AvgIpc) is 3.52. The summed E-state index contributed by atoms with van der Waals surface area (Å²) in [7, 11) is 0. The van der Waals surface area contributed by atoms with Crippen molar-refractivity contribution < 1.29 is 37.4 Å². The van der Waals surface area contributed by atoms with Crippen LogP contribution in [-0.4, -0.2) is 47.9 Å². The van der Waals surface area contributed by atoms with Crippen LogP contribution in [0.2, 0.25) is 0 Å². The number of carboxylic acids is 1. The molecule has 1 unspecified atom stereocenters. The highest BCUT2D eigenvalue weighted by Gasteiger charge is 2.61. The van der Waals surface area contributed by atoms with E-state index in [1.807, 2.05) is 48.5 Å². The molecule has 0 aliphatic heterocycles. The summed E-state index contributed by atoms with van der Waals surface area (Å²) in [5.74, 6) is -3.46. The number of halogens is 3. The van der Waals surface area contributed by atoms with Gasteiger partial charge in [0.1, 0.15) is 6.61 Å². The van der Waals surface area contributed by atoms with Gasteiger partial charge in [-0.25, -0.2) is 9.59 Å². The maximum Gasteiger partial charge on any atom is 0.422 e. The number of carbonyl (C=O) groups excluding carboxylic acids is 2. The SMILES string of the molecule is CC(NC(=O)C1(CNC(=O)OCC2c3ccccc3-c3ccccc32)CC1)(C(=O)O)C(F)(F)F. The van der Waals surface area contributed by atoms with E-state index in [0.29, 0.717) is 6.92 Å². The second kappa shape index (κ2) is 8.34. The normalized spacial score (nSPS) is 17.6. The molecule has 3 N–H and O–H groups in total. The van der Waals surface area contributed by atoms with Crippen LogP contribution in [0.4, 0.5) is 18.0 Å². The van der Waals surface area contributed by atoms with Crippen molar-refractivity contribution in [3.8, 4) is 11.1 Å². The third-order valence-electron chi connectivity index (χ3n) is 6.61. The minimum atomic E-state index is -5.19. The molecule has 4 rings (SSSR count). The first-order chi connectivity index (χ1) is 16.0. The molecule has 0 radical (unpaired) electrons. The zero-order chi connectivity index (χ0) is 24.7. The van der Waals surface area contributed by atoms with Crippen molar-refractivity contribution in [2.24, 2.45) is 5.41 Å². The Balaban J connectivity index is 1.36. The van der Waals surface area contributed by atoms with Gasteiger partial charge in [0.25, 0.3) is 0 Å². The fourth-order valence-electron chi connectivity index (χ4n) is 4.13. The van der Waals surface area contributed by atoms with Crippen LogP contribution in [0.3, 0.4) is 0 Å². The van der Waals surface area contributed by atoms with Crippen molar-refractivity contribution in [1.29, 1.82) is 0 Å². The minimum Gasteiger partial charge on any atom is -0.479 e. The second-order valence-corrected chi connectivity index (χ2v) is 8.84. The van der Waals surface area contributed by atoms with E-state index in [1.54, 1.807) is 5.32 Å². The maximum atomic E-state index is 13.2. The first kappa shape index (κ1) is 23.6. The van der Waals surface area contributed by atoms with Gasteiger partial charge in [0.15, 0.2) is 0 Å². The van der Waals surface area contributed by atoms with E-state index < -0.39 is 35.1 Å². The topological polar surface area (TPSA) is 105 Å². The number of ether oxygens (including phenoxy) is 1. The number of fused-ring (bicyclic) bond motifs is 3. The van der Waals surface area contributed by atoms with Crippen LogP contribution in [0.5, 0.6) is 0 Å². The molecule has 0 saturated heterocycles. The molecule has 2 aliphatic carbocycles. The van der Waals surface area contributed by atoms with Gasteiger partial charge in [-0.15, -0.1) is 0 Å². The number of carboxylic acid groups (broad SMARTS) is 1. The van der Waals surface area contributed by atoms with Crippen molar-refractivity contribution in [3.05, 3.63) is 59.7 Å². The number of carbonyl (C=O) groups is 3. The second-order valence-electron chi connectivity index (χ2n) is 8.84. The lowest BCUT2D eigenvalue weighted by atomic mass is 9.98. The van der Waals surface area contributed by atoms with Crippen LogP contribution in [0.15, 0.2) is 48.5 Å². The lowest BCUT2D eigenvalue weighted by Gasteiger charge is -2.30. The molecule has 7 nitrogen and oxygen atoms in total. The summed E-state index contributed by atoms with van der Waals surface area (Å²) in [6.07, 6.45) is -5.56. The van der Waals surface area contributed by atoms with Gasteiger partial charge in [0, 0.05) is 12.5 Å². The van der Waals surface area contributed by atoms with E-state index in [1.165, 1.54) is 0 Å². The molecule has 2 aromatic rings. The molecule has 0 heterocycles. The van der Waals surface area contributed by atoms with Crippen LogP contribution < -0.4 is 10.6 Å². The molecule has 0 spiro atoms. The first-order valence-electron chi connectivity index (χ1n) is 10.7. The van der Waals surface area contributed by atoms with E-state index in [4.69, 9.17) is 9.84 Å². The Bertz CT molecular complexity index is 1100. The van der Waals surface area contributed by atoms with Crippen LogP contribution in [-0.2, 0) is 14.3 Å². The standard InChI is InChI=1S/C24H23F3N2O5/c1-22(20(31)32,24(25,26)27)29-19(30)23(10-11-23)13-28-21(33)34-12-18-16-8-4-2-6-14(16)15-7-3-5-9-17(15)18/h2-9,18H,10-13H2,1H3,(H,28,33)(H,29,30)(H,31,32). The number of aliphatic carboxylic acids is 1. The number of benzene rings is 2. The van der Waals surface area contributed by atoms with E-state index in [0.717, 1.165) is 22.3 Å². The zero-order valence-electron chi connectivity index (χ0n) is 18.2. The smallest absolute Gasteiger partial charge is 0.422 e. The molecular weight excluding hydrogens is 453 g/mol. The van der Waals surface area contributed by atoms with Crippen molar-refractivity contribution in [2.45, 2.75) is 37.4 Å². The number of hydrogen-bond acceptors (Lipinski definition) is 4. The quantitative estimate of drug-likeness (QED) is 0.564. The van der Waals surface area contributed by atoms with Gasteiger partial charge in [-0.3, -0.25) is 4.79 Å². The summed E-state index contributed by atoms with van der Waals surface area (Å²) < 4.78 is 45.0. The predicted molar refractivity (Wildman–Crippen MR) is 115 cm³/mol. The van der Waals surface area contributed by atoms with Crippen LogP contribution in [0, 0.1) is 5.41 Å². The number of hydrogen-bond donors (Lipinski definition) is 3. The number of nitrogens with one attached hydrogen (secondary N) is 2. The van der Waals surface area contributed by atoms with Gasteiger partial charge in [0.2, 0.25) is 11.4 Å². The Morgan fingerprint density at radius 3 is 2.03 bits per heavy atom. The predicted octanol–water partition coefficient (Wildman–Crippen LogP) is 3.83. The van der Waals surface area contributed by atoms with Gasteiger partial charge < -0.3 is 20.5 Å². The molecule has 2 aliphatic rings. The summed E-state index contributed by atoms with van der Waals surface area (Å²) in [6, 6.07) is 15.6. The minimum absolute atomic E-state index is 0.0458. The first-order valence-corrected chi connectivity index (χ1v) is 10.7. The molecule has 2 amide bonds. The van der Waals surface area contributed by atoms with Gasteiger partial charge in [-0.05, 0) is 42.0 Å². The maximum absolute atomic E-state index is 13.2. The van der Waals surface area contributed by atoms with Gasteiger partial charge >= 0.3 is 18.2 Å². The molecule has 2 aromatic carbocycles. The van der Waals surface area contributed by atoms with E-state index >= 15 is 0 Å².